The van der Waals surface area contributed by atoms with E-state index in [4.69, 9.17) is 18.9 Å². The highest BCUT2D eigenvalue weighted by molar-refractivity contribution is 6.88. The number of rotatable bonds is 2. The van der Waals surface area contributed by atoms with Crippen molar-refractivity contribution in [3.8, 4) is 0 Å². The number of ketones is 1. The largest absolute Gasteiger partial charge is 0.353 e. The Morgan fingerprint density at radius 3 is 2.35 bits per heavy atom. The van der Waals surface area contributed by atoms with Gasteiger partial charge in [-0.3, -0.25) is 4.79 Å². The molecule has 5 nitrogen and oxygen atoms in total. The molecule has 20 heavy (non-hydrogen) atoms. The number of ether oxygens (including phenoxy) is 4. The number of fused-ring (bicyclic) bond motifs is 2. The van der Waals surface area contributed by atoms with Crippen LogP contribution in [-0.2, 0) is 23.7 Å². The van der Waals surface area contributed by atoms with Crippen molar-refractivity contribution in [1.29, 1.82) is 0 Å². The molecule has 3 aliphatic rings. The maximum atomic E-state index is 12.7. The number of Topliss-reactive ketones (excluding diaryl/α,β-unsaturated/α-hetero) is 1. The third-order valence-electron chi connectivity index (χ3n) is 4.13. The Balaban J connectivity index is 1.97. The van der Waals surface area contributed by atoms with Crippen LogP contribution >= 0.6 is 0 Å². The summed E-state index contributed by atoms with van der Waals surface area (Å²) in [7, 11) is -0.0907. The highest BCUT2D eigenvalue weighted by atomic mass is 28.3. The summed E-state index contributed by atoms with van der Waals surface area (Å²) in [6.45, 7) is 10.1. The van der Waals surface area contributed by atoms with Crippen LogP contribution in [-0.4, -0.2) is 50.9 Å². The van der Waals surface area contributed by atoms with Gasteiger partial charge in [-0.1, -0.05) is 19.6 Å². The Kier molecular flexibility index (Phi) is 2.89. The molecule has 1 aliphatic carbocycles. The van der Waals surface area contributed by atoms with E-state index >= 15 is 0 Å². The Labute approximate surface area is 120 Å². The van der Waals surface area contributed by atoms with Crippen molar-refractivity contribution in [2.24, 2.45) is 0 Å². The van der Waals surface area contributed by atoms with Crippen LogP contribution in [0, 0.1) is 0 Å². The molecule has 0 N–H and O–H groups in total. The second kappa shape index (κ2) is 4.01. The van der Waals surface area contributed by atoms with Gasteiger partial charge in [0.15, 0.2) is 23.5 Å². The Bertz CT molecular complexity index is 492. The average Bonchev–Trinajstić information content (AvgIpc) is 2.76. The van der Waals surface area contributed by atoms with Crippen molar-refractivity contribution in [2.75, 3.05) is 7.11 Å². The molecule has 2 saturated heterocycles. The van der Waals surface area contributed by atoms with Crippen LogP contribution in [0.1, 0.15) is 13.8 Å². The monoisotopic (exact) mass is 298 g/mol. The zero-order valence-corrected chi connectivity index (χ0v) is 13.9. The summed E-state index contributed by atoms with van der Waals surface area (Å²) >= 11 is 0. The summed E-state index contributed by atoms with van der Waals surface area (Å²) in [5.74, 6) is -0.668. The van der Waals surface area contributed by atoms with Gasteiger partial charge in [-0.15, -0.1) is 0 Å². The van der Waals surface area contributed by atoms with Crippen LogP contribution in [0.15, 0.2) is 11.3 Å². The predicted molar refractivity (Wildman–Crippen MR) is 74.9 cm³/mol. The molecule has 6 heteroatoms. The standard InChI is InChI=1S/C14H22O5Si/c1-13(2)17-9-11(18-13)14(19-12(9)16-3)7-8(10(14)15)20(4,5)6/h7,9,11-12H,1-6H3/t9-,11?,12+,14+/m0/s1. The highest BCUT2D eigenvalue weighted by Crippen LogP contribution is 2.51. The lowest BCUT2D eigenvalue weighted by Crippen LogP contribution is -2.59. The van der Waals surface area contributed by atoms with Crippen LogP contribution in [0.25, 0.3) is 0 Å². The number of carbonyl (C=O) groups excluding carboxylic acids is 1. The van der Waals surface area contributed by atoms with Gasteiger partial charge in [0.2, 0.25) is 0 Å². The Morgan fingerprint density at radius 2 is 1.85 bits per heavy atom. The van der Waals surface area contributed by atoms with E-state index in [9.17, 15) is 4.79 Å². The van der Waals surface area contributed by atoms with Gasteiger partial charge >= 0.3 is 0 Å². The number of methoxy groups -OCH3 is 1. The SMILES string of the molecule is CO[C@@H]1O[C@@]2(C=C([Si](C)(C)C)C2=O)C2OC(C)(C)O[C@@H]21. The van der Waals surface area contributed by atoms with Crippen LogP contribution < -0.4 is 0 Å². The molecule has 112 valence electrons. The molecule has 0 amide bonds. The van der Waals surface area contributed by atoms with Crippen molar-refractivity contribution >= 4 is 13.9 Å². The third-order valence-corrected chi connectivity index (χ3v) is 6.12. The van der Waals surface area contributed by atoms with Gasteiger partial charge in [0.1, 0.15) is 12.2 Å². The van der Waals surface area contributed by atoms with Crippen LogP contribution in [0.5, 0.6) is 0 Å². The average molecular weight is 298 g/mol. The van der Waals surface area contributed by atoms with Crippen molar-refractivity contribution in [1.82, 2.24) is 0 Å². The first-order chi connectivity index (χ1) is 9.11. The van der Waals surface area contributed by atoms with E-state index in [0.29, 0.717) is 0 Å². The summed E-state index contributed by atoms with van der Waals surface area (Å²) in [5, 5.41) is 0.918. The van der Waals surface area contributed by atoms with Gasteiger partial charge in [0.05, 0.1) is 8.07 Å². The fraction of sp³-hybridized carbons (Fsp3) is 0.786. The first-order valence-electron chi connectivity index (χ1n) is 6.95. The minimum atomic E-state index is -1.65. The molecule has 1 unspecified atom stereocenters. The number of hydrogen-bond donors (Lipinski definition) is 0. The molecule has 0 aromatic heterocycles. The third kappa shape index (κ3) is 1.79. The van der Waals surface area contributed by atoms with E-state index in [1.165, 1.54) is 0 Å². The smallest absolute Gasteiger partial charge is 0.193 e. The lowest BCUT2D eigenvalue weighted by atomic mass is 9.81. The molecule has 0 aromatic carbocycles. The molecular formula is C14H22O5Si. The Hall–Kier alpha value is -0.533. The number of hydrogen-bond acceptors (Lipinski definition) is 5. The topological polar surface area (TPSA) is 54.0 Å². The summed E-state index contributed by atoms with van der Waals surface area (Å²) < 4.78 is 22.9. The van der Waals surface area contributed by atoms with Gasteiger partial charge in [0, 0.05) is 7.11 Å². The summed E-state index contributed by atoms with van der Waals surface area (Å²) in [5.41, 5.74) is -1.01. The van der Waals surface area contributed by atoms with Crippen molar-refractivity contribution in [3.63, 3.8) is 0 Å². The van der Waals surface area contributed by atoms with E-state index in [2.05, 4.69) is 19.6 Å². The second-order valence-electron chi connectivity index (χ2n) is 7.17. The lowest BCUT2D eigenvalue weighted by Gasteiger charge is -2.41. The molecular weight excluding hydrogens is 276 g/mol. The highest BCUT2D eigenvalue weighted by Gasteiger charge is 2.69. The van der Waals surface area contributed by atoms with E-state index in [0.717, 1.165) is 5.20 Å². The molecule has 0 radical (unpaired) electrons. The van der Waals surface area contributed by atoms with Gasteiger partial charge in [-0.25, -0.2) is 0 Å². The molecule has 2 aliphatic heterocycles. The maximum absolute atomic E-state index is 12.7. The predicted octanol–water partition coefficient (Wildman–Crippen LogP) is 1.63. The molecule has 2 fully saturated rings. The van der Waals surface area contributed by atoms with Gasteiger partial charge in [-0.2, -0.15) is 0 Å². The summed E-state index contributed by atoms with van der Waals surface area (Å²) in [4.78, 5) is 12.7. The molecule has 0 aromatic rings. The van der Waals surface area contributed by atoms with E-state index < -0.39 is 31.9 Å². The summed E-state index contributed by atoms with van der Waals surface area (Å²) in [6.07, 6.45) is 0.599. The van der Waals surface area contributed by atoms with Crippen LogP contribution in [0.2, 0.25) is 19.6 Å². The molecule has 1 spiro atoms. The minimum Gasteiger partial charge on any atom is -0.353 e. The number of carbonyl (C=O) groups is 1. The zero-order valence-electron chi connectivity index (χ0n) is 12.9. The lowest BCUT2D eigenvalue weighted by molar-refractivity contribution is -0.239. The van der Waals surface area contributed by atoms with Crippen molar-refractivity contribution < 1.29 is 23.7 Å². The van der Waals surface area contributed by atoms with Gasteiger partial charge < -0.3 is 18.9 Å². The quantitative estimate of drug-likeness (QED) is 0.725. The van der Waals surface area contributed by atoms with Crippen molar-refractivity contribution in [3.05, 3.63) is 11.3 Å². The van der Waals surface area contributed by atoms with E-state index in [-0.39, 0.29) is 11.9 Å². The fourth-order valence-corrected chi connectivity index (χ4v) is 4.69. The molecule has 3 rings (SSSR count). The molecule has 0 saturated carbocycles. The fourth-order valence-electron chi connectivity index (χ4n) is 3.16. The van der Waals surface area contributed by atoms with E-state index in [1.54, 1.807) is 7.11 Å². The zero-order chi connectivity index (χ0) is 14.9. The van der Waals surface area contributed by atoms with Crippen LogP contribution in [0.4, 0.5) is 0 Å². The van der Waals surface area contributed by atoms with Crippen LogP contribution in [0.3, 0.4) is 0 Å². The summed E-state index contributed by atoms with van der Waals surface area (Å²) in [6, 6.07) is 0. The molecule has 0 bridgehead atoms. The minimum absolute atomic E-state index is 0.0486. The van der Waals surface area contributed by atoms with Gasteiger partial charge in [-0.05, 0) is 25.1 Å². The van der Waals surface area contributed by atoms with Crippen molar-refractivity contribution in [2.45, 2.75) is 63.4 Å². The maximum Gasteiger partial charge on any atom is 0.193 e. The molecule has 4 atom stereocenters. The Morgan fingerprint density at radius 1 is 1.20 bits per heavy atom. The second-order valence-corrected chi connectivity index (χ2v) is 12.2. The normalized spacial score (nSPS) is 42.6. The molecule has 2 heterocycles. The van der Waals surface area contributed by atoms with E-state index in [1.807, 2.05) is 19.9 Å². The van der Waals surface area contributed by atoms with Gasteiger partial charge in [0.25, 0.3) is 0 Å². The first kappa shape index (κ1) is 14.4. The first-order valence-corrected chi connectivity index (χ1v) is 10.5.